The van der Waals surface area contributed by atoms with Gasteiger partial charge in [0.15, 0.2) is 0 Å². The zero-order valence-corrected chi connectivity index (χ0v) is 18.3. The van der Waals surface area contributed by atoms with Gasteiger partial charge in [0.1, 0.15) is 0 Å². The number of hydrogen-bond donors (Lipinski definition) is 2. The van der Waals surface area contributed by atoms with E-state index in [1.165, 1.54) is 50.5 Å². The van der Waals surface area contributed by atoms with Crippen molar-refractivity contribution in [2.45, 2.75) is 76.0 Å². The van der Waals surface area contributed by atoms with Gasteiger partial charge in [-0.3, -0.25) is 9.69 Å². The van der Waals surface area contributed by atoms with E-state index in [-0.39, 0.29) is 30.7 Å². The van der Waals surface area contributed by atoms with Crippen molar-refractivity contribution in [2.24, 2.45) is 5.92 Å². The molecular weight excluding hydrogens is 393 g/mol. The van der Waals surface area contributed by atoms with Crippen molar-refractivity contribution in [3.63, 3.8) is 0 Å². The molecule has 3 fully saturated rings. The van der Waals surface area contributed by atoms with Gasteiger partial charge >= 0.3 is 0 Å². The Morgan fingerprint density at radius 1 is 1.04 bits per heavy atom. The van der Waals surface area contributed by atoms with Crippen LogP contribution in [0.2, 0.25) is 0 Å². The molecule has 3 heterocycles. The maximum Gasteiger partial charge on any atom is 0.220 e. The topological polar surface area (TPSA) is 44.4 Å². The Morgan fingerprint density at radius 3 is 2.46 bits per heavy atom. The third kappa shape index (κ3) is 6.35. The largest absolute Gasteiger partial charge is 0.355 e. The lowest BCUT2D eigenvalue weighted by Crippen LogP contribution is -2.46. The molecule has 0 aliphatic carbocycles. The van der Waals surface area contributed by atoms with Crippen LogP contribution in [0, 0.1) is 5.92 Å². The number of nitrogens with zero attached hydrogens (tertiary/aromatic N) is 1. The third-order valence-corrected chi connectivity index (χ3v) is 6.56. The number of rotatable bonds is 6. The predicted molar refractivity (Wildman–Crippen MR) is 119 cm³/mol. The summed E-state index contributed by atoms with van der Waals surface area (Å²) in [7, 11) is 0. The first kappa shape index (κ1) is 23.5. The summed E-state index contributed by atoms with van der Waals surface area (Å²) in [6.45, 7) is 2.95. The Labute approximate surface area is 182 Å². The minimum absolute atomic E-state index is 0. The molecule has 4 rings (SSSR count). The average molecular weight is 428 g/mol. The van der Waals surface area contributed by atoms with Crippen LogP contribution >= 0.6 is 24.8 Å². The molecule has 3 aliphatic heterocycles. The van der Waals surface area contributed by atoms with Crippen molar-refractivity contribution in [3.8, 4) is 0 Å². The van der Waals surface area contributed by atoms with Crippen molar-refractivity contribution in [1.82, 2.24) is 15.5 Å². The summed E-state index contributed by atoms with van der Waals surface area (Å²) in [6, 6.07) is 12.5. The van der Waals surface area contributed by atoms with Crippen LogP contribution in [0.1, 0.15) is 56.9 Å². The smallest absolute Gasteiger partial charge is 0.220 e. The number of carbonyl (C=O) groups excluding carboxylic acids is 1. The van der Waals surface area contributed by atoms with E-state index < -0.39 is 0 Å². The fourth-order valence-corrected chi connectivity index (χ4v) is 5.23. The van der Waals surface area contributed by atoms with Crippen LogP contribution in [0.15, 0.2) is 30.3 Å². The van der Waals surface area contributed by atoms with Crippen LogP contribution in [0.3, 0.4) is 0 Å². The SMILES string of the molecule is Cl.Cl.O=C(CC1CC2CCC(C1)N2)NCC1CCCCN1Cc1ccccc1. The van der Waals surface area contributed by atoms with Crippen molar-refractivity contribution in [1.29, 1.82) is 0 Å². The van der Waals surface area contributed by atoms with Gasteiger partial charge in [-0.2, -0.15) is 0 Å². The van der Waals surface area contributed by atoms with E-state index in [0.29, 0.717) is 24.0 Å². The zero-order chi connectivity index (χ0) is 17.8. The number of nitrogens with one attached hydrogen (secondary N) is 2. The lowest BCUT2D eigenvalue weighted by molar-refractivity contribution is -0.122. The molecule has 1 aromatic rings. The standard InChI is InChI=1S/C22H33N3O.2ClH/c26-22(14-18-12-19-9-10-20(13-18)24-19)23-15-21-8-4-5-11-25(21)16-17-6-2-1-3-7-17;;/h1-3,6-7,18-21,24H,4-5,8-16H2,(H,23,26);2*1H. The molecule has 28 heavy (non-hydrogen) atoms. The summed E-state index contributed by atoms with van der Waals surface area (Å²) < 4.78 is 0. The molecule has 3 atom stereocenters. The van der Waals surface area contributed by atoms with Gasteiger partial charge < -0.3 is 10.6 Å². The molecule has 158 valence electrons. The number of amides is 1. The Hall–Kier alpha value is -0.810. The summed E-state index contributed by atoms with van der Waals surface area (Å²) in [5.74, 6) is 0.849. The van der Waals surface area contributed by atoms with Gasteiger partial charge in [0, 0.05) is 37.6 Å². The highest BCUT2D eigenvalue weighted by atomic mass is 35.5. The van der Waals surface area contributed by atoms with Crippen molar-refractivity contribution >= 4 is 30.7 Å². The van der Waals surface area contributed by atoms with Gasteiger partial charge in [-0.05, 0) is 56.6 Å². The fraction of sp³-hybridized carbons (Fsp3) is 0.682. The lowest BCUT2D eigenvalue weighted by atomic mass is 9.89. The number of hydrogen-bond acceptors (Lipinski definition) is 3. The molecule has 2 N–H and O–H groups in total. The molecule has 6 heteroatoms. The number of benzene rings is 1. The normalized spacial score (nSPS) is 29.4. The third-order valence-electron chi connectivity index (χ3n) is 6.56. The molecular formula is C22H35Cl2N3O. The van der Waals surface area contributed by atoms with Crippen molar-refractivity contribution < 1.29 is 4.79 Å². The van der Waals surface area contributed by atoms with E-state index in [9.17, 15) is 4.79 Å². The van der Waals surface area contributed by atoms with Gasteiger partial charge in [0.2, 0.25) is 5.91 Å². The Balaban J connectivity index is 0.00000140. The van der Waals surface area contributed by atoms with Crippen LogP contribution in [0.25, 0.3) is 0 Å². The van der Waals surface area contributed by atoms with Gasteiger partial charge in [-0.1, -0.05) is 36.8 Å². The molecule has 2 bridgehead atoms. The summed E-state index contributed by atoms with van der Waals surface area (Å²) in [6.07, 6.45) is 9.46. The van der Waals surface area contributed by atoms with Crippen molar-refractivity contribution in [2.75, 3.05) is 13.1 Å². The number of fused-ring (bicyclic) bond motifs is 2. The van der Waals surface area contributed by atoms with Gasteiger partial charge in [0.05, 0.1) is 0 Å². The summed E-state index contributed by atoms with van der Waals surface area (Å²) in [4.78, 5) is 15.1. The van der Waals surface area contributed by atoms with E-state index in [2.05, 4.69) is 45.9 Å². The Morgan fingerprint density at radius 2 is 1.75 bits per heavy atom. The van der Waals surface area contributed by atoms with E-state index in [0.717, 1.165) is 26.1 Å². The number of carbonyl (C=O) groups is 1. The first-order chi connectivity index (χ1) is 12.8. The molecule has 3 aliphatic rings. The molecule has 0 spiro atoms. The maximum absolute atomic E-state index is 12.5. The Bertz CT molecular complexity index is 589. The van der Waals surface area contributed by atoms with Crippen LogP contribution in [0.5, 0.6) is 0 Å². The van der Waals surface area contributed by atoms with E-state index in [1.54, 1.807) is 0 Å². The molecule has 0 radical (unpaired) electrons. The predicted octanol–water partition coefficient (Wildman–Crippen LogP) is 3.92. The molecule has 3 unspecified atom stereocenters. The van der Waals surface area contributed by atoms with Crippen LogP contribution in [-0.2, 0) is 11.3 Å². The number of likely N-dealkylation sites (tertiary alicyclic amines) is 1. The fourth-order valence-electron chi connectivity index (χ4n) is 5.23. The minimum Gasteiger partial charge on any atom is -0.355 e. The van der Waals surface area contributed by atoms with Crippen LogP contribution in [-0.4, -0.2) is 42.0 Å². The second kappa shape index (κ2) is 11.4. The summed E-state index contributed by atoms with van der Waals surface area (Å²) in [5, 5.41) is 6.93. The zero-order valence-electron chi connectivity index (χ0n) is 16.6. The van der Waals surface area contributed by atoms with E-state index in [1.807, 2.05) is 0 Å². The highest BCUT2D eigenvalue weighted by Crippen LogP contribution is 2.32. The number of halogens is 2. The molecule has 0 aromatic heterocycles. The van der Waals surface area contributed by atoms with E-state index in [4.69, 9.17) is 0 Å². The van der Waals surface area contributed by atoms with E-state index >= 15 is 0 Å². The Kier molecular flexibility index (Phi) is 9.55. The monoisotopic (exact) mass is 427 g/mol. The molecule has 1 aromatic carbocycles. The van der Waals surface area contributed by atoms with Crippen LogP contribution < -0.4 is 10.6 Å². The average Bonchev–Trinajstić information content (AvgIpc) is 3.00. The second-order valence-electron chi connectivity index (χ2n) is 8.59. The van der Waals surface area contributed by atoms with Crippen LogP contribution in [0.4, 0.5) is 0 Å². The van der Waals surface area contributed by atoms with Crippen molar-refractivity contribution in [3.05, 3.63) is 35.9 Å². The highest BCUT2D eigenvalue weighted by Gasteiger charge is 2.34. The first-order valence-corrected chi connectivity index (χ1v) is 10.6. The molecule has 0 saturated carbocycles. The van der Waals surface area contributed by atoms with Gasteiger partial charge in [-0.15, -0.1) is 24.8 Å². The van der Waals surface area contributed by atoms with Gasteiger partial charge in [0.25, 0.3) is 0 Å². The lowest BCUT2D eigenvalue weighted by Gasteiger charge is -2.36. The summed E-state index contributed by atoms with van der Waals surface area (Å²) in [5.41, 5.74) is 1.37. The minimum atomic E-state index is 0. The molecule has 4 nitrogen and oxygen atoms in total. The quantitative estimate of drug-likeness (QED) is 0.722. The highest BCUT2D eigenvalue weighted by molar-refractivity contribution is 5.85. The second-order valence-corrected chi connectivity index (χ2v) is 8.59. The summed E-state index contributed by atoms with van der Waals surface area (Å²) >= 11 is 0. The molecule has 1 amide bonds. The van der Waals surface area contributed by atoms with Gasteiger partial charge in [-0.25, -0.2) is 0 Å². The number of piperidine rings is 2. The maximum atomic E-state index is 12.5. The molecule has 3 saturated heterocycles. The first-order valence-electron chi connectivity index (χ1n) is 10.6.